The Kier molecular flexibility index (Phi) is 3.73. The zero-order valence-electron chi connectivity index (χ0n) is 13.8. The lowest BCUT2D eigenvalue weighted by atomic mass is 10.3. The number of benzene rings is 1. The minimum Gasteiger partial charge on any atom is -0.408 e. The van der Waals surface area contributed by atoms with Gasteiger partial charge in [0.2, 0.25) is 15.9 Å². The normalized spacial score (nSPS) is 19.5. The van der Waals surface area contributed by atoms with Crippen molar-refractivity contribution >= 4 is 27.0 Å². The van der Waals surface area contributed by atoms with Crippen molar-refractivity contribution in [1.82, 2.24) is 13.8 Å². The molecule has 1 amide bonds. The van der Waals surface area contributed by atoms with Gasteiger partial charge in [-0.25, -0.2) is 13.2 Å². The minimum absolute atomic E-state index is 0.0938. The van der Waals surface area contributed by atoms with Crippen LogP contribution in [0.15, 0.2) is 32.3 Å². The number of hydrogen-bond acceptors (Lipinski definition) is 5. The van der Waals surface area contributed by atoms with Gasteiger partial charge in [0.1, 0.15) is 0 Å². The Balaban J connectivity index is 1.55. The van der Waals surface area contributed by atoms with Crippen molar-refractivity contribution in [1.29, 1.82) is 0 Å². The van der Waals surface area contributed by atoms with E-state index in [1.807, 2.05) is 0 Å². The molecule has 2 aromatic rings. The Hall–Kier alpha value is -2.13. The molecule has 2 heterocycles. The molecule has 1 saturated heterocycles. The molecule has 1 aromatic heterocycles. The number of carbonyl (C=O) groups is 1. The van der Waals surface area contributed by atoms with E-state index < -0.39 is 15.8 Å². The molecule has 25 heavy (non-hydrogen) atoms. The highest BCUT2D eigenvalue weighted by Crippen LogP contribution is 2.31. The third kappa shape index (κ3) is 2.77. The van der Waals surface area contributed by atoms with Crippen LogP contribution in [0.5, 0.6) is 0 Å². The molecule has 1 saturated carbocycles. The summed E-state index contributed by atoms with van der Waals surface area (Å²) < 4.78 is 33.5. The third-order valence-electron chi connectivity index (χ3n) is 4.88. The maximum atomic E-state index is 12.8. The minimum atomic E-state index is -3.69. The SMILES string of the molecule is Cn1c(=O)oc2cc(S(=O)(=O)N3CCN(C(=O)C4CC4)CC3)ccc21. The fraction of sp³-hybridized carbons (Fsp3) is 0.500. The van der Waals surface area contributed by atoms with Gasteiger partial charge in [0.05, 0.1) is 10.4 Å². The number of aromatic nitrogens is 1. The van der Waals surface area contributed by atoms with Crippen LogP contribution >= 0.6 is 0 Å². The van der Waals surface area contributed by atoms with E-state index in [0.717, 1.165) is 12.8 Å². The molecule has 0 unspecified atom stereocenters. The van der Waals surface area contributed by atoms with Gasteiger partial charge >= 0.3 is 5.76 Å². The molecule has 0 atom stereocenters. The highest BCUT2D eigenvalue weighted by atomic mass is 32.2. The fourth-order valence-corrected chi connectivity index (χ4v) is 4.60. The largest absolute Gasteiger partial charge is 0.419 e. The van der Waals surface area contributed by atoms with Crippen LogP contribution in [-0.2, 0) is 21.9 Å². The second kappa shape index (κ2) is 5.70. The maximum Gasteiger partial charge on any atom is 0.419 e. The summed E-state index contributed by atoms with van der Waals surface area (Å²) in [6.45, 7) is 1.38. The van der Waals surface area contributed by atoms with Crippen molar-refractivity contribution in [2.75, 3.05) is 26.2 Å². The van der Waals surface area contributed by atoms with E-state index in [9.17, 15) is 18.0 Å². The van der Waals surface area contributed by atoms with Crippen LogP contribution in [0.2, 0.25) is 0 Å². The Bertz CT molecular complexity index is 994. The standard InChI is InChI=1S/C16H19N3O5S/c1-17-13-5-4-12(10-14(13)24-16(17)21)25(22,23)19-8-6-18(7-9-19)15(20)11-2-3-11/h4-5,10-11H,2-3,6-9H2,1H3. The highest BCUT2D eigenvalue weighted by molar-refractivity contribution is 7.89. The average molecular weight is 365 g/mol. The lowest BCUT2D eigenvalue weighted by Gasteiger charge is -2.34. The fourth-order valence-electron chi connectivity index (χ4n) is 3.16. The first-order chi connectivity index (χ1) is 11.9. The number of rotatable bonds is 3. The second-order valence-electron chi connectivity index (χ2n) is 6.56. The van der Waals surface area contributed by atoms with Crippen molar-refractivity contribution in [3.05, 3.63) is 28.7 Å². The predicted octanol–water partition coefficient (Wildman–Crippen LogP) is 0.374. The molecule has 2 aliphatic rings. The van der Waals surface area contributed by atoms with Gasteiger partial charge in [-0.2, -0.15) is 4.31 Å². The number of piperazine rings is 1. The Morgan fingerprint density at radius 1 is 1.16 bits per heavy atom. The molecule has 0 radical (unpaired) electrons. The summed E-state index contributed by atoms with van der Waals surface area (Å²) in [5.74, 6) is -0.243. The molecule has 4 rings (SSSR count). The first-order valence-corrected chi connectivity index (χ1v) is 9.70. The van der Waals surface area contributed by atoms with E-state index in [1.54, 1.807) is 18.0 Å². The van der Waals surface area contributed by atoms with Crippen molar-refractivity contribution in [3.8, 4) is 0 Å². The number of hydrogen-bond donors (Lipinski definition) is 0. The van der Waals surface area contributed by atoms with Crippen molar-refractivity contribution in [3.63, 3.8) is 0 Å². The van der Waals surface area contributed by atoms with Gasteiger partial charge in [0.25, 0.3) is 0 Å². The van der Waals surface area contributed by atoms with Gasteiger partial charge < -0.3 is 9.32 Å². The number of nitrogens with zero attached hydrogens (tertiary/aromatic N) is 3. The summed E-state index contributed by atoms with van der Waals surface area (Å²) in [5, 5.41) is 0. The molecule has 1 aromatic carbocycles. The predicted molar refractivity (Wildman–Crippen MR) is 89.5 cm³/mol. The topological polar surface area (TPSA) is 92.8 Å². The molecule has 0 bridgehead atoms. The van der Waals surface area contributed by atoms with Crippen LogP contribution < -0.4 is 5.76 Å². The molecule has 1 aliphatic heterocycles. The number of amides is 1. The highest BCUT2D eigenvalue weighted by Gasteiger charge is 2.36. The first-order valence-electron chi connectivity index (χ1n) is 8.26. The van der Waals surface area contributed by atoms with E-state index in [4.69, 9.17) is 4.42 Å². The zero-order valence-corrected chi connectivity index (χ0v) is 14.7. The van der Waals surface area contributed by atoms with Gasteiger partial charge in [-0.3, -0.25) is 9.36 Å². The summed E-state index contributed by atoms with van der Waals surface area (Å²) in [6.07, 6.45) is 1.89. The van der Waals surface area contributed by atoms with Gasteiger partial charge in [-0.05, 0) is 25.0 Å². The third-order valence-corrected chi connectivity index (χ3v) is 6.77. The van der Waals surface area contributed by atoms with E-state index >= 15 is 0 Å². The van der Waals surface area contributed by atoms with Crippen LogP contribution in [0.3, 0.4) is 0 Å². The Morgan fingerprint density at radius 3 is 2.48 bits per heavy atom. The van der Waals surface area contributed by atoms with E-state index in [0.29, 0.717) is 18.6 Å². The summed E-state index contributed by atoms with van der Waals surface area (Å²) >= 11 is 0. The lowest BCUT2D eigenvalue weighted by Crippen LogP contribution is -2.50. The van der Waals surface area contributed by atoms with Crippen molar-refractivity contribution in [2.24, 2.45) is 13.0 Å². The Morgan fingerprint density at radius 2 is 1.84 bits per heavy atom. The van der Waals surface area contributed by atoms with Crippen molar-refractivity contribution < 1.29 is 17.6 Å². The van der Waals surface area contributed by atoms with Gasteiger partial charge in [-0.1, -0.05) is 0 Å². The molecule has 2 fully saturated rings. The molecule has 134 valence electrons. The van der Waals surface area contributed by atoms with Crippen LogP contribution in [0.25, 0.3) is 11.1 Å². The van der Waals surface area contributed by atoms with E-state index in [2.05, 4.69) is 0 Å². The number of aryl methyl sites for hydroxylation is 1. The average Bonchev–Trinajstić information content (AvgIpc) is 3.41. The number of oxazole rings is 1. The van der Waals surface area contributed by atoms with Gasteiger partial charge in [0, 0.05) is 45.2 Å². The van der Waals surface area contributed by atoms with Crippen LogP contribution in [0.4, 0.5) is 0 Å². The molecule has 9 heteroatoms. The van der Waals surface area contributed by atoms with Crippen LogP contribution in [0, 0.1) is 5.92 Å². The molecule has 0 spiro atoms. The second-order valence-corrected chi connectivity index (χ2v) is 8.50. The number of sulfonamides is 1. The number of carbonyl (C=O) groups excluding carboxylic acids is 1. The van der Waals surface area contributed by atoms with Crippen LogP contribution in [-0.4, -0.2) is 54.3 Å². The summed E-state index contributed by atoms with van der Waals surface area (Å²) in [5.41, 5.74) is 0.792. The van der Waals surface area contributed by atoms with Crippen molar-refractivity contribution in [2.45, 2.75) is 17.7 Å². The zero-order chi connectivity index (χ0) is 17.8. The number of fused-ring (bicyclic) bond motifs is 1. The Labute approximate surface area is 144 Å². The summed E-state index contributed by atoms with van der Waals surface area (Å²) in [6, 6.07) is 4.43. The molecule has 0 N–H and O–H groups in total. The molecule has 1 aliphatic carbocycles. The monoisotopic (exact) mass is 365 g/mol. The lowest BCUT2D eigenvalue weighted by molar-refractivity contribution is -0.133. The van der Waals surface area contributed by atoms with Gasteiger partial charge in [-0.15, -0.1) is 0 Å². The molecular weight excluding hydrogens is 346 g/mol. The maximum absolute atomic E-state index is 12.8. The smallest absolute Gasteiger partial charge is 0.408 e. The first kappa shape index (κ1) is 16.3. The summed E-state index contributed by atoms with van der Waals surface area (Å²) in [4.78, 5) is 25.5. The molecule has 8 nitrogen and oxygen atoms in total. The van der Waals surface area contributed by atoms with Crippen LogP contribution in [0.1, 0.15) is 12.8 Å². The van der Waals surface area contributed by atoms with Gasteiger partial charge in [0.15, 0.2) is 5.58 Å². The van der Waals surface area contributed by atoms with E-state index in [-0.39, 0.29) is 35.4 Å². The van der Waals surface area contributed by atoms with E-state index in [1.165, 1.54) is 21.0 Å². The quantitative estimate of drug-likeness (QED) is 0.784. The molecular formula is C16H19N3O5S. The summed E-state index contributed by atoms with van der Waals surface area (Å²) in [7, 11) is -2.12.